The molecule has 0 atom stereocenters. The monoisotopic (exact) mass is 1240 g/mol. The summed E-state index contributed by atoms with van der Waals surface area (Å²) in [5.41, 5.74) is 7.80. The lowest BCUT2D eigenvalue weighted by molar-refractivity contribution is 0.653. The fourth-order valence-electron chi connectivity index (χ4n) is 15.5. The molecule has 6 heterocycles. The van der Waals surface area contributed by atoms with Crippen LogP contribution in [-0.2, 0) is 0 Å². The Hall–Kier alpha value is -12.6. The molecule has 96 heavy (non-hydrogen) atoms. The van der Waals surface area contributed by atoms with Crippen molar-refractivity contribution in [3.05, 3.63) is 303 Å². The van der Waals surface area contributed by atoms with Gasteiger partial charge in [0.15, 0.2) is 23.3 Å². The zero-order valence-electron chi connectivity index (χ0n) is 51.4. The average molecular weight is 1240 g/mol. The van der Waals surface area contributed by atoms with E-state index in [4.69, 9.17) is 24.4 Å². The highest BCUT2D eigenvalue weighted by Crippen LogP contribution is 2.46. The lowest BCUT2D eigenvalue weighted by Crippen LogP contribution is -2.02. The number of para-hydroxylation sites is 1. The summed E-state index contributed by atoms with van der Waals surface area (Å²) in [5.74, 6) is 3.08. The first kappa shape index (κ1) is 52.9. The normalized spacial score (nSPS) is 12.2. The SMILES string of the molecule is c1ccc2cc3c(cc2c1)c1c2ccccc2ccc1n3-c1nc(-c2ccc3ccc4ccccc4c3c2)nc2oc3ccccc3c12.c1ccc2cc3c(cc2c1)c1c2ccccc2ccc1n3-c1nc(-c2ccc3ccc4ccccc4c3c2)nc2sc3ccccc3c12. The van der Waals surface area contributed by atoms with Crippen LogP contribution in [0.5, 0.6) is 0 Å². The average Bonchev–Trinajstić information content (AvgIpc) is 1.55. The smallest absolute Gasteiger partial charge is 0.233 e. The minimum absolute atomic E-state index is 0.575. The van der Waals surface area contributed by atoms with E-state index >= 15 is 0 Å². The van der Waals surface area contributed by atoms with E-state index in [1.54, 1.807) is 11.3 Å². The maximum Gasteiger partial charge on any atom is 0.233 e. The lowest BCUT2D eigenvalue weighted by atomic mass is 10.00. The molecule has 0 aliphatic carbocycles. The molecule has 444 valence electrons. The van der Waals surface area contributed by atoms with Crippen molar-refractivity contribution >= 4 is 183 Å². The van der Waals surface area contributed by atoms with Crippen LogP contribution in [0, 0.1) is 0 Å². The number of rotatable bonds is 4. The summed E-state index contributed by atoms with van der Waals surface area (Å²) >= 11 is 1.74. The third-order valence-electron chi connectivity index (χ3n) is 19.9. The molecule has 0 unspecified atom stereocenters. The molecule has 0 fully saturated rings. The molecule has 7 nitrogen and oxygen atoms in total. The molecule has 16 aromatic carbocycles. The van der Waals surface area contributed by atoms with Crippen molar-refractivity contribution < 1.29 is 4.42 Å². The second kappa shape index (κ2) is 20.4. The summed E-state index contributed by atoms with van der Waals surface area (Å²) < 4.78 is 12.4. The molecule has 8 heteroatoms. The van der Waals surface area contributed by atoms with Crippen LogP contribution in [0.2, 0.25) is 0 Å². The number of hydrogen-bond acceptors (Lipinski definition) is 6. The Morgan fingerprint density at radius 3 is 1.17 bits per heavy atom. The van der Waals surface area contributed by atoms with Crippen LogP contribution < -0.4 is 0 Å². The summed E-state index contributed by atoms with van der Waals surface area (Å²) in [4.78, 5) is 22.4. The first-order chi connectivity index (χ1) is 47.6. The van der Waals surface area contributed by atoms with Gasteiger partial charge >= 0.3 is 0 Å². The highest BCUT2D eigenvalue weighted by molar-refractivity contribution is 7.25. The molecule has 22 aromatic rings. The number of nitrogens with zero attached hydrogens (tertiary/aromatic N) is 6. The quantitative estimate of drug-likeness (QED) is 0.164. The van der Waals surface area contributed by atoms with Gasteiger partial charge in [0.05, 0.1) is 32.8 Å². The van der Waals surface area contributed by atoms with Crippen molar-refractivity contribution in [2.24, 2.45) is 0 Å². The maximum atomic E-state index is 6.51. The first-order valence-corrected chi connectivity index (χ1v) is 33.3. The third kappa shape index (κ3) is 7.94. The van der Waals surface area contributed by atoms with Crippen LogP contribution >= 0.6 is 11.3 Å². The van der Waals surface area contributed by atoms with Crippen molar-refractivity contribution in [1.82, 2.24) is 29.1 Å². The van der Waals surface area contributed by atoms with Gasteiger partial charge in [0.2, 0.25) is 5.71 Å². The number of fused-ring (bicyclic) bond motifs is 24. The van der Waals surface area contributed by atoms with Gasteiger partial charge in [-0.1, -0.05) is 243 Å². The first-order valence-electron chi connectivity index (χ1n) is 32.5. The van der Waals surface area contributed by atoms with E-state index in [-0.39, 0.29) is 0 Å². The topological polar surface area (TPSA) is 74.6 Å². The summed E-state index contributed by atoms with van der Waals surface area (Å²) in [6, 6.07) is 109. The van der Waals surface area contributed by atoms with Gasteiger partial charge in [0.1, 0.15) is 10.4 Å². The summed E-state index contributed by atoms with van der Waals surface area (Å²) in [7, 11) is 0. The minimum Gasteiger partial charge on any atom is -0.437 e. The molecule has 6 aromatic heterocycles. The zero-order chi connectivity index (χ0) is 62.7. The lowest BCUT2D eigenvalue weighted by Gasteiger charge is -2.12. The molecular weight excluding hydrogens is 1190 g/mol. The van der Waals surface area contributed by atoms with Crippen LogP contribution in [0.25, 0.3) is 207 Å². The second-order valence-corrected chi connectivity index (χ2v) is 26.2. The van der Waals surface area contributed by atoms with Crippen LogP contribution in [0.3, 0.4) is 0 Å². The Morgan fingerprint density at radius 1 is 0.250 bits per heavy atom. The third-order valence-corrected chi connectivity index (χ3v) is 21.0. The predicted octanol–water partition coefficient (Wildman–Crippen LogP) is 24.0. The Bertz CT molecular complexity index is 6690. The number of hydrogen-bond donors (Lipinski definition) is 0. The van der Waals surface area contributed by atoms with Crippen LogP contribution in [-0.4, -0.2) is 29.1 Å². The fraction of sp³-hybridized carbons (Fsp3) is 0. The summed E-state index contributed by atoms with van der Waals surface area (Å²) in [6.07, 6.45) is 0. The van der Waals surface area contributed by atoms with E-state index in [1.807, 2.05) is 12.1 Å². The Balaban J connectivity index is 0.000000127. The van der Waals surface area contributed by atoms with E-state index < -0.39 is 0 Å². The second-order valence-electron chi connectivity index (χ2n) is 25.2. The van der Waals surface area contributed by atoms with Crippen LogP contribution in [0.1, 0.15) is 0 Å². The van der Waals surface area contributed by atoms with Crippen molar-refractivity contribution in [1.29, 1.82) is 0 Å². The molecule has 0 spiro atoms. The maximum absolute atomic E-state index is 6.51. The fourth-order valence-corrected chi connectivity index (χ4v) is 16.5. The number of thiophene rings is 1. The van der Waals surface area contributed by atoms with Crippen LogP contribution in [0.4, 0.5) is 0 Å². The van der Waals surface area contributed by atoms with Gasteiger partial charge < -0.3 is 4.42 Å². The molecule has 0 amide bonds. The Kier molecular flexibility index (Phi) is 11.3. The molecule has 0 aliphatic rings. The van der Waals surface area contributed by atoms with E-state index in [0.717, 1.165) is 77.2 Å². The predicted molar refractivity (Wildman–Crippen MR) is 404 cm³/mol. The van der Waals surface area contributed by atoms with Gasteiger partial charge in [-0.3, -0.25) is 9.13 Å². The van der Waals surface area contributed by atoms with Gasteiger partial charge in [-0.2, -0.15) is 4.98 Å². The Morgan fingerprint density at radius 2 is 0.635 bits per heavy atom. The van der Waals surface area contributed by atoms with Crippen molar-refractivity contribution in [3.63, 3.8) is 0 Å². The molecule has 0 aliphatic heterocycles. The van der Waals surface area contributed by atoms with E-state index in [2.05, 4.69) is 300 Å². The molecule has 22 rings (SSSR count). The van der Waals surface area contributed by atoms with E-state index in [1.165, 1.54) is 118 Å². The van der Waals surface area contributed by atoms with Gasteiger partial charge in [-0.05, 0) is 147 Å². The van der Waals surface area contributed by atoms with E-state index in [0.29, 0.717) is 11.5 Å². The molecule has 0 bridgehead atoms. The highest BCUT2D eigenvalue weighted by Gasteiger charge is 2.26. The molecule has 0 saturated carbocycles. The number of aromatic nitrogens is 6. The van der Waals surface area contributed by atoms with Crippen LogP contribution in [0.15, 0.2) is 308 Å². The van der Waals surface area contributed by atoms with Gasteiger partial charge in [-0.25, -0.2) is 15.0 Å². The standard InChI is InChI=1S/C44H25N3O.C44H25N3S/c2*1-2-12-30-25-38-36(23-29(30)11-1)40-33-14-6-4-10-27(33)21-22-37(40)47(38)43-41-34-15-7-8-16-39(34)48-44(41)46-42(45-43)31-20-19-28-18-17-26-9-3-5-13-32(26)35(28)24-31/h2*1-25H. The van der Waals surface area contributed by atoms with Gasteiger partial charge in [0.25, 0.3) is 0 Å². The van der Waals surface area contributed by atoms with Gasteiger partial charge in [0, 0.05) is 48.1 Å². The molecule has 0 N–H and O–H groups in total. The Labute approximate surface area is 551 Å². The van der Waals surface area contributed by atoms with E-state index in [9.17, 15) is 0 Å². The molecular formula is C88H50N6OS. The molecule has 0 saturated heterocycles. The number of benzene rings is 16. The highest BCUT2D eigenvalue weighted by atomic mass is 32.1. The van der Waals surface area contributed by atoms with Crippen molar-refractivity contribution in [3.8, 4) is 34.4 Å². The van der Waals surface area contributed by atoms with Crippen molar-refractivity contribution in [2.75, 3.05) is 0 Å². The summed E-state index contributed by atoms with van der Waals surface area (Å²) in [6.45, 7) is 0. The number of furan rings is 1. The molecule has 0 radical (unpaired) electrons. The van der Waals surface area contributed by atoms with Gasteiger partial charge in [-0.15, -0.1) is 11.3 Å². The van der Waals surface area contributed by atoms with Crippen molar-refractivity contribution in [2.45, 2.75) is 0 Å². The minimum atomic E-state index is 0.575. The zero-order valence-corrected chi connectivity index (χ0v) is 52.2. The summed E-state index contributed by atoms with van der Waals surface area (Å²) in [5, 5.41) is 28.5. The largest absolute Gasteiger partial charge is 0.437 e.